The van der Waals surface area contributed by atoms with Crippen LogP contribution in [0.4, 0.5) is 5.69 Å². The molecule has 0 saturated carbocycles. The van der Waals surface area contributed by atoms with Crippen molar-refractivity contribution in [2.24, 2.45) is 5.41 Å². The van der Waals surface area contributed by atoms with Crippen LogP contribution in [0.2, 0.25) is 0 Å². The summed E-state index contributed by atoms with van der Waals surface area (Å²) in [7, 11) is 1.62. The number of benzene rings is 1. The quantitative estimate of drug-likeness (QED) is 0.572. The van der Waals surface area contributed by atoms with Crippen LogP contribution in [0.3, 0.4) is 0 Å². The zero-order valence-corrected chi connectivity index (χ0v) is 14.6. The molecule has 0 aliphatic carbocycles. The van der Waals surface area contributed by atoms with Gasteiger partial charge in [0.1, 0.15) is 0 Å². The molecule has 7 nitrogen and oxygen atoms in total. The summed E-state index contributed by atoms with van der Waals surface area (Å²) in [5.41, 5.74) is 0.587. The van der Waals surface area contributed by atoms with Gasteiger partial charge in [-0.1, -0.05) is 12.1 Å². The van der Waals surface area contributed by atoms with E-state index < -0.39 is 10.3 Å². The Morgan fingerprint density at radius 1 is 1.33 bits per heavy atom. The average molecular weight is 358 g/mol. The molecule has 0 radical (unpaired) electrons. The molecule has 0 atom stereocenters. The molecule has 8 heteroatoms. The van der Waals surface area contributed by atoms with Gasteiger partial charge in [-0.05, 0) is 37.9 Å². The third-order valence-corrected chi connectivity index (χ3v) is 4.31. The molecular formula is C16H24ClN3O4. The molecule has 1 aromatic carbocycles. The molecule has 1 saturated heterocycles. The Labute approximate surface area is 147 Å². The monoisotopic (exact) mass is 357 g/mol. The number of nitrogens with zero attached hydrogens (tertiary/aromatic N) is 1. The van der Waals surface area contributed by atoms with Gasteiger partial charge in [-0.15, -0.1) is 12.4 Å². The molecule has 2 rings (SSSR count). The van der Waals surface area contributed by atoms with Crippen LogP contribution in [-0.2, 0) is 16.0 Å². The van der Waals surface area contributed by atoms with Crippen LogP contribution >= 0.6 is 12.4 Å². The summed E-state index contributed by atoms with van der Waals surface area (Å²) in [6.07, 6.45) is 2.18. The second-order valence-electron chi connectivity index (χ2n) is 5.89. The first-order chi connectivity index (χ1) is 11.1. The van der Waals surface area contributed by atoms with E-state index in [1.807, 2.05) is 0 Å². The molecule has 0 spiro atoms. The number of halogens is 1. The maximum absolute atomic E-state index is 12.5. The number of ether oxygens (including phenoxy) is 1. The Balaban J connectivity index is 0.00000288. The topological polar surface area (TPSA) is 93.5 Å². The van der Waals surface area contributed by atoms with Crippen LogP contribution in [0.1, 0.15) is 18.4 Å². The van der Waals surface area contributed by atoms with Crippen molar-refractivity contribution in [3.05, 3.63) is 39.9 Å². The van der Waals surface area contributed by atoms with Crippen LogP contribution in [0.15, 0.2) is 24.3 Å². The van der Waals surface area contributed by atoms with Gasteiger partial charge in [0.2, 0.25) is 5.91 Å². The molecule has 24 heavy (non-hydrogen) atoms. The number of piperidine rings is 1. The molecule has 1 aromatic rings. The van der Waals surface area contributed by atoms with Crippen LogP contribution in [0.25, 0.3) is 0 Å². The SMILES string of the molecule is COCC1(C(=O)NCCc2ccc([N+](=O)[O-])cc2)CCNCC1.Cl. The normalized spacial score (nSPS) is 16.0. The fourth-order valence-electron chi connectivity index (χ4n) is 2.91. The van der Waals surface area contributed by atoms with Crippen LogP contribution < -0.4 is 10.6 Å². The number of amides is 1. The van der Waals surface area contributed by atoms with E-state index in [0.717, 1.165) is 31.5 Å². The van der Waals surface area contributed by atoms with Crippen molar-refractivity contribution in [2.45, 2.75) is 19.3 Å². The third kappa shape index (κ3) is 5.15. The molecule has 1 aliphatic rings. The minimum atomic E-state index is -0.449. The van der Waals surface area contributed by atoms with E-state index in [4.69, 9.17) is 4.74 Å². The lowest BCUT2D eigenvalue weighted by molar-refractivity contribution is -0.384. The van der Waals surface area contributed by atoms with Gasteiger partial charge in [0.15, 0.2) is 0 Å². The van der Waals surface area contributed by atoms with Gasteiger partial charge in [-0.2, -0.15) is 0 Å². The van der Waals surface area contributed by atoms with Crippen molar-refractivity contribution in [2.75, 3.05) is 33.4 Å². The van der Waals surface area contributed by atoms with E-state index in [-0.39, 0.29) is 24.0 Å². The Morgan fingerprint density at radius 2 is 1.96 bits per heavy atom. The van der Waals surface area contributed by atoms with Crippen molar-refractivity contribution < 1.29 is 14.5 Å². The maximum atomic E-state index is 12.5. The Kier molecular flexibility index (Phi) is 8.10. The van der Waals surface area contributed by atoms with Gasteiger partial charge in [-0.25, -0.2) is 0 Å². The van der Waals surface area contributed by atoms with E-state index in [0.29, 0.717) is 19.6 Å². The second-order valence-corrected chi connectivity index (χ2v) is 5.89. The molecule has 1 heterocycles. The lowest BCUT2D eigenvalue weighted by Crippen LogP contribution is -2.50. The molecular weight excluding hydrogens is 334 g/mol. The standard InChI is InChI=1S/C16H23N3O4.ClH/c1-23-12-16(7-10-17-11-8-16)15(20)18-9-6-13-2-4-14(5-3-13)19(21)22;/h2-5,17H,6-12H2,1H3,(H,18,20);1H. The lowest BCUT2D eigenvalue weighted by Gasteiger charge is -2.35. The summed E-state index contributed by atoms with van der Waals surface area (Å²) < 4.78 is 5.25. The summed E-state index contributed by atoms with van der Waals surface area (Å²) >= 11 is 0. The number of nitrogens with one attached hydrogen (secondary N) is 2. The molecule has 0 aromatic heterocycles. The summed E-state index contributed by atoms with van der Waals surface area (Å²) in [6.45, 7) is 2.58. The van der Waals surface area contributed by atoms with Crippen molar-refractivity contribution >= 4 is 24.0 Å². The van der Waals surface area contributed by atoms with Crippen molar-refractivity contribution in [3.8, 4) is 0 Å². The lowest BCUT2D eigenvalue weighted by atomic mass is 9.78. The highest BCUT2D eigenvalue weighted by molar-refractivity contribution is 5.85. The zero-order chi connectivity index (χ0) is 16.7. The number of methoxy groups -OCH3 is 1. The van der Waals surface area contributed by atoms with Gasteiger partial charge < -0.3 is 15.4 Å². The predicted octanol–water partition coefficient (Wildman–Crippen LogP) is 1.69. The van der Waals surface area contributed by atoms with E-state index in [9.17, 15) is 14.9 Å². The van der Waals surface area contributed by atoms with Gasteiger partial charge in [-0.3, -0.25) is 14.9 Å². The third-order valence-electron chi connectivity index (χ3n) is 4.31. The van der Waals surface area contributed by atoms with Gasteiger partial charge in [0, 0.05) is 25.8 Å². The van der Waals surface area contributed by atoms with Gasteiger partial charge in [0.25, 0.3) is 5.69 Å². The number of nitro benzene ring substituents is 1. The van der Waals surface area contributed by atoms with Crippen molar-refractivity contribution in [1.29, 1.82) is 0 Å². The maximum Gasteiger partial charge on any atom is 0.269 e. The summed E-state index contributed by atoms with van der Waals surface area (Å²) in [5, 5.41) is 16.9. The highest BCUT2D eigenvalue weighted by atomic mass is 35.5. The highest BCUT2D eigenvalue weighted by Crippen LogP contribution is 2.29. The minimum absolute atomic E-state index is 0. The van der Waals surface area contributed by atoms with Crippen LogP contribution in [0, 0.1) is 15.5 Å². The Morgan fingerprint density at radius 3 is 2.50 bits per heavy atom. The van der Waals surface area contributed by atoms with Crippen molar-refractivity contribution in [3.63, 3.8) is 0 Å². The number of non-ortho nitro benzene ring substituents is 1. The Bertz CT molecular complexity index is 539. The first-order valence-electron chi connectivity index (χ1n) is 7.79. The molecule has 2 N–H and O–H groups in total. The molecule has 0 bridgehead atoms. The van der Waals surface area contributed by atoms with Gasteiger partial charge in [0.05, 0.1) is 16.9 Å². The summed E-state index contributed by atoms with van der Waals surface area (Å²) in [4.78, 5) is 22.7. The number of hydrogen-bond acceptors (Lipinski definition) is 5. The van der Waals surface area contributed by atoms with Crippen LogP contribution in [0.5, 0.6) is 0 Å². The molecule has 1 amide bonds. The number of carbonyl (C=O) groups is 1. The second kappa shape index (κ2) is 9.56. The average Bonchev–Trinajstić information content (AvgIpc) is 2.56. The first-order valence-corrected chi connectivity index (χ1v) is 7.79. The fourth-order valence-corrected chi connectivity index (χ4v) is 2.91. The van der Waals surface area contributed by atoms with E-state index in [1.54, 1.807) is 19.2 Å². The van der Waals surface area contributed by atoms with E-state index in [1.165, 1.54) is 12.1 Å². The van der Waals surface area contributed by atoms with Gasteiger partial charge >= 0.3 is 0 Å². The van der Waals surface area contributed by atoms with Crippen LogP contribution in [-0.4, -0.2) is 44.2 Å². The zero-order valence-electron chi connectivity index (χ0n) is 13.7. The van der Waals surface area contributed by atoms with E-state index in [2.05, 4.69) is 10.6 Å². The predicted molar refractivity (Wildman–Crippen MR) is 93.5 cm³/mol. The number of rotatable bonds is 7. The summed E-state index contributed by atoms with van der Waals surface area (Å²) in [5.74, 6) is 0.0303. The molecule has 1 fully saturated rings. The Hall–Kier alpha value is -1.70. The molecule has 134 valence electrons. The highest BCUT2D eigenvalue weighted by Gasteiger charge is 2.39. The summed E-state index contributed by atoms with van der Waals surface area (Å²) in [6, 6.07) is 6.41. The van der Waals surface area contributed by atoms with Crippen molar-refractivity contribution in [1.82, 2.24) is 10.6 Å². The molecule has 0 unspecified atom stereocenters. The number of nitro groups is 1. The largest absolute Gasteiger partial charge is 0.384 e. The van der Waals surface area contributed by atoms with E-state index >= 15 is 0 Å². The fraction of sp³-hybridized carbons (Fsp3) is 0.562. The molecule has 1 aliphatic heterocycles. The number of carbonyl (C=O) groups excluding carboxylic acids is 1. The smallest absolute Gasteiger partial charge is 0.269 e. The number of hydrogen-bond donors (Lipinski definition) is 2. The first kappa shape index (κ1) is 20.3. The minimum Gasteiger partial charge on any atom is -0.384 e.